The molecule has 7 heteroatoms. The number of rotatable bonds is 4. The average Bonchev–Trinajstić information content (AvgIpc) is 3.09. The lowest BCUT2D eigenvalue weighted by Gasteiger charge is -2.04. The standard InChI is InChI=1S/C14H10BrClN2O3/c1-8-6-9(2-3-10(8)16)19-7-13-17-14(18-21-13)11-4-5-12(15)20-11/h2-6H,7H2,1H3. The quantitative estimate of drug-likeness (QED) is 0.671. The van der Waals surface area contributed by atoms with Gasteiger partial charge in [0.1, 0.15) is 5.75 Å². The molecule has 0 aliphatic heterocycles. The van der Waals surface area contributed by atoms with Crippen molar-refractivity contribution in [1.82, 2.24) is 10.1 Å². The summed E-state index contributed by atoms with van der Waals surface area (Å²) in [4.78, 5) is 4.21. The second-order valence-corrected chi connectivity index (χ2v) is 5.50. The van der Waals surface area contributed by atoms with Gasteiger partial charge in [0.2, 0.25) is 5.82 Å². The SMILES string of the molecule is Cc1cc(OCc2nc(-c3ccc(Br)o3)no2)ccc1Cl. The van der Waals surface area contributed by atoms with Gasteiger partial charge in [0.05, 0.1) is 0 Å². The van der Waals surface area contributed by atoms with Crippen LogP contribution in [0.1, 0.15) is 11.5 Å². The number of halogens is 2. The Balaban J connectivity index is 1.68. The van der Waals surface area contributed by atoms with E-state index in [-0.39, 0.29) is 6.61 Å². The first-order chi connectivity index (χ1) is 10.1. The first kappa shape index (κ1) is 14.2. The van der Waals surface area contributed by atoms with E-state index in [1.54, 1.807) is 24.3 Å². The molecule has 0 aliphatic rings. The largest absolute Gasteiger partial charge is 0.484 e. The molecule has 5 nitrogen and oxygen atoms in total. The number of ether oxygens (including phenoxy) is 1. The van der Waals surface area contributed by atoms with Crippen molar-refractivity contribution in [1.29, 1.82) is 0 Å². The normalized spacial score (nSPS) is 10.8. The van der Waals surface area contributed by atoms with Crippen LogP contribution in [0, 0.1) is 6.92 Å². The molecule has 0 saturated heterocycles. The Labute approximate surface area is 134 Å². The Morgan fingerprint density at radius 3 is 2.86 bits per heavy atom. The smallest absolute Gasteiger partial charge is 0.264 e. The summed E-state index contributed by atoms with van der Waals surface area (Å²) in [6.45, 7) is 2.09. The third kappa shape index (κ3) is 3.28. The lowest BCUT2D eigenvalue weighted by molar-refractivity contribution is 0.243. The van der Waals surface area contributed by atoms with E-state index in [4.69, 9.17) is 25.3 Å². The fourth-order valence-electron chi connectivity index (χ4n) is 1.70. The van der Waals surface area contributed by atoms with E-state index in [0.29, 0.717) is 32.9 Å². The van der Waals surface area contributed by atoms with E-state index in [0.717, 1.165) is 5.56 Å². The van der Waals surface area contributed by atoms with Crippen LogP contribution in [0.25, 0.3) is 11.6 Å². The van der Waals surface area contributed by atoms with Crippen LogP contribution in [-0.4, -0.2) is 10.1 Å². The Bertz CT molecular complexity index is 769. The molecule has 0 saturated carbocycles. The Morgan fingerprint density at radius 1 is 1.29 bits per heavy atom. The minimum absolute atomic E-state index is 0.177. The summed E-state index contributed by atoms with van der Waals surface area (Å²) in [5, 5.41) is 4.54. The van der Waals surface area contributed by atoms with Crippen LogP contribution in [0.4, 0.5) is 0 Å². The number of aromatic nitrogens is 2. The molecule has 3 rings (SSSR count). The van der Waals surface area contributed by atoms with Crippen molar-refractivity contribution in [2.45, 2.75) is 13.5 Å². The van der Waals surface area contributed by atoms with Gasteiger partial charge in [-0.2, -0.15) is 4.98 Å². The molecule has 2 heterocycles. The third-order valence-corrected chi connectivity index (χ3v) is 3.60. The summed E-state index contributed by atoms with van der Waals surface area (Å²) in [5.41, 5.74) is 0.945. The van der Waals surface area contributed by atoms with Crippen molar-refractivity contribution in [2.24, 2.45) is 0 Å². The molecule has 0 unspecified atom stereocenters. The average molecular weight is 370 g/mol. The second kappa shape index (κ2) is 5.91. The monoisotopic (exact) mass is 368 g/mol. The maximum Gasteiger partial charge on any atom is 0.264 e. The molecular weight excluding hydrogens is 360 g/mol. The van der Waals surface area contributed by atoms with E-state index in [1.807, 2.05) is 13.0 Å². The highest BCUT2D eigenvalue weighted by Crippen LogP contribution is 2.24. The predicted molar refractivity (Wildman–Crippen MR) is 80.2 cm³/mol. The second-order valence-electron chi connectivity index (χ2n) is 4.32. The molecule has 0 fully saturated rings. The topological polar surface area (TPSA) is 61.3 Å². The van der Waals surface area contributed by atoms with Crippen molar-refractivity contribution in [3.63, 3.8) is 0 Å². The van der Waals surface area contributed by atoms with Crippen LogP contribution >= 0.6 is 27.5 Å². The first-order valence-corrected chi connectivity index (χ1v) is 7.26. The highest BCUT2D eigenvalue weighted by Gasteiger charge is 2.12. The van der Waals surface area contributed by atoms with Gasteiger partial charge >= 0.3 is 0 Å². The zero-order valence-corrected chi connectivity index (χ0v) is 13.3. The molecule has 2 aromatic heterocycles. The number of benzene rings is 1. The predicted octanol–water partition coefficient (Wildman–Crippen LogP) is 4.63. The van der Waals surface area contributed by atoms with E-state index in [1.165, 1.54) is 0 Å². The lowest BCUT2D eigenvalue weighted by Crippen LogP contribution is -1.96. The van der Waals surface area contributed by atoms with Crippen LogP contribution in [0.2, 0.25) is 5.02 Å². The molecule has 3 aromatic rings. The summed E-state index contributed by atoms with van der Waals surface area (Å²) in [7, 11) is 0. The molecule has 0 atom stereocenters. The van der Waals surface area contributed by atoms with Gasteiger partial charge in [-0.3, -0.25) is 0 Å². The molecular formula is C14H10BrClN2O3. The van der Waals surface area contributed by atoms with Gasteiger partial charge < -0.3 is 13.7 Å². The van der Waals surface area contributed by atoms with Gasteiger partial charge in [-0.1, -0.05) is 16.8 Å². The van der Waals surface area contributed by atoms with E-state index in [2.05, 4.69) is 26.1 Å². The van der Waals surface area contributed by atoms with Crippen molar-refractivity contribution in [3.8, 4) is 17.3 Å². The number of nitrogens with zero attached hydrogens (tertiary/aromatic N) is 2. The molecule has 1 aromatic carbocycles. The number of hydrogen-bond donors (Lipinski definition) is 0. The first-order valence-electron chi connectivity index (χ1n) is 6.09. The summed E-state index contributed by atoms with van der Waals surface area (Å²) < 4.78 is 16.7. The van der Waals surface area contributed by atoms with Gasteiger partial charge in [-0.25, -0.2) is 0 Å². The zero-order valence-electron chi connectivity index (χ0n) is 11.0. The van der Waals surface area contributed by atoms with Crippen molar-refractivity contribution in [3.05, 3.63) is 51.5 Å². The van der Waals surface area contributed by atoms with E-state index < -0.39 is 0 Å². The molecule has 0 N–H and O–H groups in total. The van der Waals surface area contributed by atoms with Crippen molar-refractivity contribution < 1.29 is 13.7 Å². The fraction of sp³-hybridized carbons (Fsp3) is 0.143. The Kier molecular flexibility index (Phi) is 3.98. The highest BCUT2D eigenvalue weighted by atomic mass is 79.9. The van der Waals surface area contributed by atoms with Gasteiger partial charge in [0.15, 0.2) is 17.0 Å². The van der Waals surface area contributed by atoms with Gasteiger partial charge in [-0.05, 0) is 58.7 Å². The zero-order chi connectivity index (χ0) is 14.8. The van der Waals surface area contributed by atoms with E-state index in [9.17, 15) is 0 Å². The van der Waals surface area contributed by atoms with Crippen LogP contribution in [0.15, 0.2) is 43.9 Å². The molecule has 108 valence electrons. The van der Waals surface area contributed by atoms with Gasteiger partial charge in [0, 0.05) is 5.02 Å². The number of hydrogen-bond acceptors (Lipinski definition) is 5. The summed E-state index contributed by atoms with van der Waals surface area (Å²) in [6.07, 6.45) is 0. The van der Waals surface area contributed by atoms with Crippen LogP contribution in [0.3, 0.4) is 0 Å². The summed E-state index contributed by atoms with van der Waals surface area (Å²) in [5.74, 6) is 1.97. The van der Waals surface area contributed by atoms with Crippen molar-refractivity contribution in [2.75, 3.05) is 0 Å². The van der Waals surface area contributed by atoms with Crippen LogP contribution in [0.5, 0.6) is 5.75 Å². The highest BCUT2D eigenvalue weighted by molar-refractivity contribution is 9.10. The molecule has 0 aliphatic carbocycles. The van der Waals surface area contributed by atoms with Crippen LogP contribution < -0.4 is 4.74 Å². The maximum absolute atomic E-state index is 5.96. The fourth-order valence-corrected chi connectivity index (χ4v) is 2.12. The third-order valence-electron chi connectivity index (χ3n) is 2.75. The summed E-state index contributed by atoms with van der Waals surface area (Å²) in [6, 6.07) is 8.94. The van der Waals surface area contributed by atoms with Gasteiger partial charge in [0.25, 0.3) is 5.89 Å². The molecule has 0 radical (unpaired) electrons. The minimum atomic E-state index is 0.177. The Morgan fingerprint density at radius 2 is 2.14 bits per heavy atom. The Hall–Kier alpha value is -1.79. The molecule has 0 spiro atoms. The maximum atomic E-state index is 5.96. The number of furan rings is 1. The molecule has 0 amide bonds. The van der Waals surface area contributed by atoms with Gasteiger partial charge in [-0.15, -0.1) is 0 Å². The molecule has 0 bridgehead atoms. The van der Waals surface area contributed by atoms with E-state index >= 15 is 0 Å². The number of aryl methyl sites for hydroxylation is 1. The summed E-state index contributed by atoms with van der Waals surface area (Å²) >= 11 is 9.18. The minimum Gasteiger partial charge on any atom is -0.484 e. The lowest BCUT2D eigenvalue weighted by atomic mass is 10.2. The molecule has 21 heavy (non-hydrogen) atoms. The van der Waals surface area contributed by atoms with Crippen LogP contribution in [-0.2, 0) is 6.61 Å². The van der Waals surface area contributed by atoms with Crippen molar-refractivity contribution >= 4 is 27.5 Å².